The zero-order valence-electron chi connectivity index (χ0n) is 17.1. The molecule has 0 aliphatic rings. The number of carbonyl (C=O) groups is 3. The summed E-state index contributed by atoms with van der Waals surface area (Å²) in [6.45, 7) is 7.61. The lowest BCUT2D eigenvalue weighted by Crippen LogP contribution is -2.51. The molecule has 3 N–H and O–H groups in total. The second-order valence-electron chi connectivity index (χ2n) is 7.66. The van der Waals surface area contributed by atoms with Crippen LogP contribution in [-0.2, 0) is 15.0 Å². The molecule has 7 heteroatoms. The minimum atomic E-state index is -0.825. The first-order valence-electron chi connectivity index (χ1n) is 9.35. The van der Waals surface area contributed by atoms with Gasteiger partial charge in [-0.05, 0) is 42.2 Å². The fourth-order valence-electron chi connectivity index (χ4n) is 2.41. The molecule has 2 aromatic carbocycles. The van der Waals surface area contributed by atoms with Gasteiger partial charge in [-0.25, -0.2) is 0 Å². The Hall–Kier alpha value is -3.35. The Bertz CT molecular complexity index is 843. The van der Waals surface area contributed by atoms with E-state index in [2.05, 4.69) is 36.9 Å². The van der Waals surface area contributed by atoms with Gasteiger partial charge in [-0.2, -0.15) is 0 Å². The van der Waals surface area contributed by atoms with Crippen LogP contribution < -0.4 is 20.9 Å². The van der Waals surface area contributed by atoms with E-state index in [1.807, 2.05) is 12.1 Å². The molecular formula is C22H27N3O4. The van der Waals surface area contributed by atoms with E-state index in [9.17, 15) is 14.4 Å². The molecule has 0 saturated heterocycles. The molecule has 3 amide bonds. The highest BCUT2D eigenvalue weighted by Gasteiger charge is 2.17. The molecule has 0 aromatic heterocycles. The number of benzene rings is 2. The van der Waals surface area contributed by atoms with Gasteiger partial charge in [0.2, 0.25) is 0 Å². The zero-order chi connectivity index (χ0) is 21.4. The number of hydrogen-bond donors (Lipinski definition) is 3. The largest absolute Gasteiger partial charge is 0.484 e. The van der Waals surface area contributed by atoms with Crippen molar-refractivity contribution in [2.75, 3.05) is 6.61 Å². The number of carbonyl (C=O) groups excluding carboxylic acids is 3. The van der Waals surface area contributed by atoms with Crippen LogP contribution in [0.1, 0.15) is 43.6 Å². The first-order chi connectivity index (χ1) is 13.7. The van der Waals surface area contributed by atoms with Gasteiger partial charge in [0.1, 0.15) is 11.8 Å². The maximum atomic E-state index is 12.0. The normalized spacial score (nSPS) is 11.9. The van der Waals surface area contributed by atoms with Crippen molar-refractivity contribution in [1.82, 2.24) is 16.2 Å². The van der Waals surface area contributed by atoms with Crippen molar-refractivity contribution in [2.45, 2.75) is 39.2 Å². The van der Waals surface area contributed by atoms with E-state index in [1.54, 1.807) is 42.5 Å². The average molecular weight is 397 g/mol. The molecule has 0 bridgehead atoms. The Morgan fingerprint density at radius 3 is 2.14 bits per heavy atom. The topological polar surface area (TPSA) is 96.5 Å². The van der Waals surface area contributed by atoms with Gasteiger partial charge in [-0.3, -0.25) is 25.2 Å². The van der Waals surface area contributed by atoms with E-state index in [0.29, 0.717) is 11.3 Å². The molecule has 0 radical (unpaired) electrons. The second kappa shape index (κ2) is 9.73. The number of hydrazine groups is 1. The van der Waals surface area contributed by atoms with Crippen molar-refractivity contribution in [3.8, 4) is 5.75 Å². The van der Waals surface area contributed by atoms with E-state index in [0.717, 1.165) is 5.56 Å². The van der Waals surface area contributed by atoms with Crippen LogP contribution in [0.4, 0.5) is 0 Å². The van der Waals surface area contributed by atoms with Crippen LogP contribution in [0.5, 0.6) is 5.75 Å². The Morgan fingerprint density at radius 2 is 1.55 bits per heavy atom. The number of ether oxygens (including phenoxy) is 1. The molecule has 0 saturated carbocycles. The third kappa shape index (κ3) is 6.95. The lowest BCUT2D eigenvalue weighted by molar-refractivity contribution is -0.130. The first-order valence-corrected chi connectivity index (χ1v) is 9.35. The van der Waals surface area contributed by atoms with Crippen LogP contribution >= 0.6 is 0 Å². The highest BCUT2D eigenvalue weighted by atomic mass is 16.5. The fourth-order valence-corrected chi connectivity index (χ4v) is 2.41. The van der Waals surface area contributed by atoms with E-state index >= 15 is 0 Å². The van der Waals surface area contributed by atoms with Crippen LogP contribution in [0.15, 0.2) is 54.6 Å². The number of amides is 3. The van der Waals surface area contributed by atoms with E-state index < -0.39 is 17.9 Å². The minimum absolute atomic E-state index is 0.0345. The predicted octanol–water partition coefficient (Wildman–Crippen LogP) is 2.33. The average Bonchev–Trinajstić information content (AvgIpc) is 2.70. The zero-order valence-corrected chi connectivity index (χ0v) is 17.1. The predicted molar refractivity (Wildman–Crippen MR) is 110 cm³/mol. The van der Waals surface area contributed by atoms with Gasteiger partial charge in [0.05, 0.1) is 0 Å². The standard InChI is InChI=1S/C22H27N3O4/c1-15(23-21(28)16-8-6-5-7-9-16)20(27)25-24-19(26)14-29-18-12-10-17(11-13-18)22(2,3)4/h5-13,15H,14H2,1-4H3,(H,23,28)(H,24,26)(H,25,27)/t15-/m1/s1. The summed E-state index contributed by atoms with van der Waals surface area (Å²) in [6, 6.07) is 15.2. The summed E-state index contributed by atoms with van der Waals surface area (Å²) in [4.78, 5) is 36.0. The first kappa shape index (κ1) is 21.9. The number of hydrogen-bond acceptors (Lipinski definition) is 4. The third-order valence-corrected chi connectivity index (χ3v) is 4.19. The van der Waals surface area contributed by atoms with E-state index in [1.165, 1.54) is 6.92 Å². The molecule has 0 unspecified atom stereocenters. The number of nitrogens with one attached hydrogen (secondary N) is 3. The third-order valence-electron chi connectivity index (χ3n) is 4.19. The van der Waals surface area contributed by atoms with Crippen molar-refractivity contribution >= 4 is 17.7 Å². The summed E-state index contributed by atoms with van der Waals surface area (Å²) in [7, 11) is 0. The van der Waals surface area contributed by atoms with E-state index in [-0.39, 0.29) is 17.9 Å². The molecular weight excluding hydrogens is 370 g/mol. The smallest absolute Gasteiger partial charge is 0.276 e. The summed E-state index contributed by atoms with van der Waals surface area (Å²) >= 11 is 0. The molecule has 0 aliphatic carbocycles. The maximum absolute atomic E-state index is 12.0. The molecule has 2 aromatic rings. The SMILES string of the molecule is C[C@@H](NC(=O)c1ccccc1)C(=O)NNC(=O)COc1ccc(C(C)(C)C)cc1. The minimum Gasteiger partial charge on any atom is -0.484 e. The van der Waals surface area contributed by atoms with Gasteiger partial charge in [-0.15, -0.1) is 0 Å². The van der Waals surface area contributed by atoms with Gasteiger partial charge >= 0.3 is 0 Å². The van der Waals surface area contributed by atoms with Crippen LogP contribution in [0.25, 0.3) is 0 Å². The van der Waals surface area contributed by atoms with Gasteiger partial charge in [0.15, 0.2) is 6.61 Å². The van der Waals surface area contributed by atoms with Crippen LogP contribution in [0.2, 0.25) is 0 Å². The lowest BCUT2D eigenvalue weighted by atomic mass is 9.87. The van der Waals surface area contributed by atoms with Crippen LogP contribution in [-0.4, -0.2) is 30.4 Å². The summed E-state index contributed by atoms with van der Waals surface area (Å²) in [5, 5.41) is 2.56. The van der Waals surface area contributed by atoms with Gasteiger partial charge in [0.25, 0.3) is 17.7 Å². The van der Waals surface area contributed by atoms with Crippen molar-refractivity contribution < 1.29 is 19.1 Å². The summed E-state index contributed by atoms with van der Waals surface area (Å²) in [5.74, 6) is -0.874. The molecule has 7 nitrogen and oxygen atoms in total. The van der Waals surface area contributed by atoms with Crippen molar-refractivity contribution in [3.05, 3.63) is 65.7 Å². The monoisotopic (exact) mass is 397 g/mol. The Labute approximate surface area is 170 Å². The lowest BCUT2D eigenvalue weighted by Gasteiger charge is -2.19. The molecule has 0 fully saturated rings. The summed E-state index contributed by atoms with van der Waals surface area (Å²) in [6.07, 6.45) is 0. The van der Waals surface area contributed by atoms with Crippen LogP contribution in [0.3, 0.4) is 0 Å². The van der Waals surface area contributed by atoms with Gasteiger partial charge in [0, 0.05) is 5.56 Å². The maximum Gasteiger partial charge on any atom is 0.276 e. The molecule has 154 valence electrons. The molecule has 29 heavy (non-hydrogen) atoms. The van der Waals surface area contributed by atoms with Crippen LogP contribution in [0, 0.1) is 0 Å². The van der Waals surface area contributed by atoms with Gasteiger partial charge < -0.3 is 10.1 Å². The Balaban J connectivity index is 1.74. The highest BCUT2D eigenvalue weighted by molar-refractivity contribution is 5.97. The second-order valence-corrected chi connectivity index (χ2v) is 7.66. The quantitative estimate of drug-likeness (QED) is 0.652. The Morgan fingerprint density at radius 1 is 0.931 bits per heavy atom. The molecule has 0 aliphatic heterocycles. The fraction of sp³-hybridized carbons (Fsp3) is 0.318. The van der Waals surface area contributed by atoms with Crippen molar-refractivity contribution in [2.24, 2.45) is 0 Å². The van der Waals surface area contributed by atoms with Crippen molar-refractivity contribution in [3.63, 3.8) is 0 Å². The molecule has 0 spiro atoms. The Kier molecular flexibility index (Phi) is 7.36. The van der Waals surface area contributed by atoms with Crippen molar-refractivity contribution in [1.29, 1.82) is 0 Å². The van der Waals surface area contributed by atoms with Gasteiger partial charge in [-0.1, -0.05) is 51.1 Å². The van der Waals surface area contributed by atoms with E-state index in [4.69, 9.17) is 4.74 Å². The molecule has 2 rings (SSSR count). The molecule has 1 atom stereocenters. The highest BCUT2D eigenvalue weighted by Crippen LogP contribution is 2.24. The number of rotatable bonds is 6. The summed E-state index contributed by atoms with van der Waals surface area (Å²) in [5.41, 5.74) is 6.18. The summed E-state index contributed by atoms with van der Waals surface area (Å²) < 4.78 is 5.42. The molecule has 0 heterocycles.